The molecule has 1 amide bonds. The van der Waals surface area contributed by atoms with E-state index in [9.17, 15) is 14.7 Å². The first-order chi connectivity index (χ1) is 12.0. The second-order valence-electron chi connectivity index (χ2n) is 6.10. The third-order valence-electron chi connectivity index (χ3n) is 4.06. The van der Waals surface area contributed by atoms with E-state index in [4.69, 9.17) is 0 Å². The molecule has 3 rings (SSSR count). The van der Waals surface area contributed by atoms with Gasteiger partial charge in [0.25, 0.3) is 0 Å². The Labute approximate surface area is 144 Å². The number of aromatic nitrogens is 3. The lowest BCUT2D eigenvalue weighted by molar-refractivity contribution is -0.122. The Balaban J connectivity index is 1.58. The van der Waals surface area contributed by atoms with Crippen molar-refractivity contribution in [3.63, 3.8) is 0 Å². The average Bonchev–Trinajstić information content (AvgIpc) is 2.95. The maximum atomic E-state index is 12.1. The number of nitrogens with one attached hydrogen (secondary N) is 1. The molecule has 130 valence electrons. The molecule has 2 heterocycles. The number of rotatable bonds is 6. The normalized spacial score (nSPS) is 13.5. The van der Waals surface area contributed by atoms with E-state index in [-0.39, 0.29) is 31.1 Å². The van der Waals surface area contributed by atoms with Crippen LogP contribution in [0.15, 0.2) is 59.5 Å². The minimum Gasteiger partial charge on any atom is -0.384 e. The van der Waals surface area contributed by atoms with E-state index in [2.05, 4.69) is 10.4 Å². The Morgan fingerprint density at radius 2 is 1.92 bits per heavy atom. The standard InChI is InChI=1S/C18H20N4O3/c1-18(25,14-7-3-2-4-8-14)13-19-16(23)10-12-22-17(24)21-11-6-5-9-15(21)20-22/h2-9,11,25H,10,12-13H2,1H3,(H,19,23). The lowest BCUT2D eigenvalue weighted by atomic mass is 9.96. The number of carbonyl (C=O) groups is 1. The molecule has 0 aliphatic heterocycles. The number of fused-ring (bicyclic) bond motifs is 1. The van der Waals surface area contributed by atoms with Crippen molar-refractivity contribution in [3.8, 4) is 0 Å². The van der Waals surface area contributed by atoms with Crippen molar-refractivity contribution >= 4 is 11.6 Å². The molecule has 1 aromatic carbocycles. The first-order valence-corrected chi connectivity index (χ1v) is 8.06. The number of nitrogens with zero attached hydrogens (tertiary/aromatic N) is 3. The zero-order chi connectivity index (χ0) is 17.9. The van der Waals surface area contributed by atoms with Gasteiger partial charge in [0.1, 0.15) is 5.60 Å². The van der Waals surface area contributed by atoms with E-state index < -0.39 is 5.60 Å². The zero-order valence-corrected chi connectivity index (χ0v) is 13.9. The Hall–Kier alpha value is -2.93. The van der Waals surface area contributed by atoms with Gasteiger partial charge in [-0.2, -0.15) is 0 Å². The average molecular weight is 340 g/mol. The van der Waals surface area contributed by atoms with Crippen LogP contribution in [-0.2, 0) is 16.9 Å². The molecule has 2 aromatic heterocycles. The molecule has 7 heteroatoms. The van der Waals surface area contributed by atoms with Gasteiger partial charge in [-0.25, -0.2) is 9.48 Å². The van der Waals surface area contributed by atoms with Crippen molar-refractivity contribution in [1.82, 2.24) is 19.5 Å². The first kappa shape index (κ1) is 16.9. The van der Waals surface area contributed by atoms with Crippen LogP contribution in [0.2, 0.25) is 0 Å². The zero-order valence-electron chi connectivity index (χ0n) is 13.9. The molecule has 2 N–H and O–H groups in total. The molecule has 7 nitrogen and oxygen atoms in total. The number of hydrogen-bond acceptors (Lipinski definition) is 4. The molecule has 0 aliphatic rings. The Kier molecular flexibility index (Phi) is 4.67. The molecule has 0 bridgehead atoms. The number of aryl methyl sites for hydroxylation is 1. The number of amides is 1. The van der Waals surface area contributed by atoms with Gasteiger partial charge >= 0.3 is 5.69 Å². The van der Waals surface area contributed by atoms with E-state index in [0.29, 0.717) is 5.65 Å². The van der Waals surface area contributed by atoms with E-state index in [1.165, 1.54) is 9.08 Å². The quantitative estimate of drug-likeness (QED) is 0.698. The predicted octanol–water partition coefficient (Wildman–Crippen LogP) is 0.910. The van der Waals surface area contributed by atoms with Crippen LogP contribution in [0.5, 0.6) is 0 Å². The fourth-order valence-corrected chi connectivity index (χ4v) is 2.58. The smallest absolute Gasteiger partial charge is 0.350 e. The van der Waals surface area contributed by atoms with Crippen LogP contribution in [-0.4, -0.2) is 31.7 Å². The molecule has 25 heavy (non-hydrogen) atoms. The highest BCUT2D eigenvalue weighted by atomic mass is 16.3. The molecule has 0 saturated heterocycles. The number of pyridine rings is 1. The second kappa shape index (κ2) is 6.90. The molecule has 3 aromatic rings. The highest BCUT2D eigenvalue weighted by Gasteiger charge is 2.23. The predicted molar refractivity (Wildman–Crippen MR) is 93.1 cm³/mol. The van der Waals surface area contributed by atoms with Crippen molar-refractivity contribution in [1.29, 1.82) is 0 Å². The summed E-state index contributed by atoms with van der Waals surface area (Å²) in [4.78, 5) is 24.2. The molecular weight excluding hydrogens is 320 g/mol. The van der Waals surface area contributed by atoms with E-state index in [1.807, 2.05) is 30.3 Å². The molecule has 0 saturated carbocycles. The lowest BCUT2D eigenvalue weighted by Crippen LogP contribution is -2.39. The third-order valence-corrected chi connectivity index (χ3v) is 4.06. The molecule has 0 aliphatic carbocycles. The number of hydrogen-bond donors (Lipinski definition) is 2. The third kappa shape index (κ3) is 3.77. The minimum absolute atomic E-state index is 0.0932. The largest absolute Gasteiger partial charge is 0.384 e. The SMILES string of the molecule is CC(O)(CNC(=O)CCn1nc2ccccn2c1=O)c1ccccc1. The lowest BCUT2D eigenvalue weighted by Gasteiger charge is -2.24. The van der Waals surface area contributed by atoms with Gasteiger partial charge in [-0.05, 0) is 24.6 Å². The van der Waals surface area contributed by atoms with Crippen LogP contribution < -0.4 is 11.0 Å². The summed E-state index contributed by atoms with van der Waals surface area (Å²) in [5, 5.41) is 17.4. The molecule has 1 unspecified atom stereocenters. The summed E-state index contributed by atoms with van der Waals surface area (Å²) in [6.07, 6.45) is 1.74. The van der Waals surface area contributed by atoms with Crippen LogP contribution in [0.4, 0.5) is 0 Å². The summed E-state index contributed by atoms with van der Waals surface area (Å²) in [5.74, 6) is -0.250. The molecule has 0 spiro atoms. The number of benzene rings is 1. The summed E-state index contributed by atoms with van der Waals surface area (Å²) >= 11 is 0. The van der Waals surface area contributed by atoms with Crippen LogP contribution in [0.25, 0.3) is 5.65 Å². The minimum atomic E-state index is -1.16. The second-order valence-corrected chi connectivity index (χ2v) is 6.10. The van der Waals surface area contributed by atoms with Crippen molar-refractivity contribution < 1.29 is 9.90 Å². The van der Waals surface area contributed by atoms with Gasteiger partial charge in [0.15, 0.2) is 5.65 Å². The van der Waals surface area contributed by atoms with Crippen LogP contribution >= 0.6 is 0 Å². The van der Waals surface area contributed by atoms with Crippen LogP contribution in [0.3, 0.4) is 0 Å². The Morgan fingerprint density at radius 1 is 1.20 bits per heavy atom. The van der Waals surface area contributed by atoms with Gasteiger partial charge in [-0.1, -0.05) is 36.4 Å². The van der Waals surface area contributed by atoms with Gasteiger partial charge < -0.3 is 10.4 Å². The van der Waals surface area contributed by atoms with E-state index in [1.54, 1.807) is 31.3 Å². The molecule has 0 fully saturated rings. The summed E-state index contributed by atoms with van der Waals surface area (Å²) < 4.78 is 2.70. The monoisotopic (exact) mass is 340 g/mol. The maximum Gasteiger partial charge on any atom is 0.350 e. The highest BCUT2D eigenvalue weighted by Crippen LogP contribution is 2.18. The summed E-state index contributed by atoms with van der Waals surface area (Å²) in [5.41, 5.74) is -0.164. The van der Waals surface area contributed by atoms with Crippen molar-refractivity contribution in [2.75, 3.05) is 6.54 Å². The Morgan fingerprint density at radius 3 is 2.64 bits per heavy atom. The maximum absolute atomic E-state index is 12.1. The highest BCUT2D eigenvalue weighted by molar-refractivity contribution is 5.75. The van der Waals surface area contributed by atoms with Crippen molar-refractivity contribution in [3.05, 3.63) is 70.8 Å². The van der Waals surface area contributed by atoms with Crippen LogP contribution in [0.1, 0.15) is 18.9 Å². The van der Waals surface area contributed by atoms with Gasteiger partial charge in [-0.3, -0.25) is 9.20 Å². The topological polar surface area (TPSA) is 88.6 Å². The first-order valence-electron chi connectivity index (χ1n) is 8.06. The van der Waals surface area contributed by atoms with E-state index >= 15 is 0 Å². The summed E-state index contributed by atoms with van der Waals surface area (Å²) in [6, 6.07) is 14.4. The summed E-state index contributed by atoms with van der Waals surface area (Å²) in [6.45, 7) is 1.92. The molecule has 1 atom stereocenters. The number of aliphatic hydroxyl groups is 1. The van der Waals surface area contributed by atoms with Gasteiger partial charge in [0.2, 0.25) is 5.91 Å². The summed E-state index contributed by atoms with van der Waals surface area (Å²) in [7, 11) is 0. The van der Waals surface area contributed by atoms with Crippen LogP contribution in [0, 0.1) is 0 Å². The Bertz CT molecular complexity index is 928. The number of carbonyl (C=O) groups excluding carboxylic acids is 1. The van der Waals surface area contributed by atoms with Gasteiger partial charge in [0.05, 0.1) is 13.1 Å². The van der Waals surface area contributed by atoms with Gasteiger partial charge in [-0.15, -0.1) is 5.10 Å². The fourth-order valence-electron chi connectivity index (χ4n) is 2.58. The van der Waals surface area contributed by atoms with E-state index in [0.717, 1.165) is 5.56 Å². The van der Waals surface area contributed by atoms with Crippen molar-refractivity contribution in [2.45, 2.75) is 25.5 Å². The molecular formula is C18H20N4O3. The van der Waals surface area contributed by atoms with Crippen molar-refractivity contribution in [2.24, 2.45) is 0 Å². The fraction of sp³-hybridized carbons (Fsp3) is 0.278. The molecule has 0 radical (unpaired) electrons. The van der Waals surface area contributed by atoms with Gasteiger partial charge in [0, 0.05) is 12.6 Å².